The molecule has 1 aromatic rings. The number of hydrogen-bond donors (Lipinski definition) is 3. The van der Waals surface area contributed by atoms with Crippen LogP contribution in [0.1, 0.15) is 39.2 Å². The molecule has 0 spiro atoms. The van der Waals surface area contributed by atoms with Gasteiger partial charge in [-0.3, -0.25) is 0 Å². The number of alkyl carbamates (subject to hydrolysis) is 1. The molecule has 0 saturated heterocycles. The Morgan fingerprint density at radius 1 is 1.22 bits per heavy atom. The number of rotatable bonds is 8. The highest BCUT2D eigenvalue weighted by Gasteiger charge is 2.15. The van der Waals surface area contributed by atoms with Gasteiger partial charge >= 0.3 is 6.09 Å². The number of nitrogens with two attached hydrogens (primary N) is 1. The zero-order valence-corrected chi connectivity index (χ0v) is 14.4. The molecular formula is C18H29N3O2. The number of nitrogens with one attached hydrogen (secondary N) is 2. The van der Waals surface area contributed by atoms with Crippen molar-refractivity contribution in [1.82, 2.24) is 10.6 Å². The van der Waals surface area contributed by atoms with Gasteiger partial charge in [-0.15, -0.1) is 0 Å². The number of carbonyl (C=O) groups excluding carboxylic acids is 1. The summed E-state index contributed by atoms with van der Waals surface area (Å²) in [5.41, 5.74) is 8.19. The van der Waals surface area contributed by atoms with Crippen molar-refractivity contribution >= 4 is 17.4 Å². The molecule has 0 heterocycles. The van der Waals surface area contributed by atoms with Crippen molar-refractivity contribution in [3.63, 3.8) is 0 Å². The van der Waals surface area contributed by atoms with E-state index in [1.807, 2.05) is 45.0 Å². The van der Waals surface area contributed by atoms with Crippen molar-refractivity contribution in [3.05, 3.63) is 36.4 Å². The summed E-state index contributed by atoms with van der Waals surface area (Å²) in [5.74, 6) is 0. The molecule has 0 fully saturated rings. The molecule has 1 rings (SSSR count). The van der Waals surface area contributed by atoms with E-state index in [4.69, 9.17) is 10.5 Å². The molecule has 0 saturated carbocycles. The van der Waals surface area contributed by atoms with Gasteiger partial charge in [0.1, 0.15) is 5.60 Å². The SMILES string of the molecule is C=C(CNCCCCNC(=O)OC(C)(C)C)c1ccccc1N. The van der Waals surface area contributed by atoms with Crippen LogP contribution < -0.4 is 16.4 Å². The van der Waals surface area contributed by atoms with Crippen LogP contribution in [0.5, 0.6) is 0 Å². The topological polar surface area (TPSA) is 76.4 Å². The van der Waals surface area contributed by atoms with E-state index in [2.05, 4.69) is 17.2 Å². The highest BCUT2D eigenvalue weighted by Crippen LogP contribution is 2.18. The van der Waals surface area contributed by atoms with Crippen LogP contribution in [0.15, 0.2) is 30.8 Å². The Bertz CT molecular complexity index is 521. The monoisotopic (exact) mass is 319 g/mol. The van der Waals surface area contributed by atoms with E-state index < -0.39 is 5.60 Å². The number of amides is 1. The van der Waals surface area contributed by atoms with Gasteiger partial charge < -0.3 is 21.1 Å². The Kier molecular flexibility index (Phi) is 7.62. The quantitative estimate of drug-likeness (QED) is 0.508. The first-order valence-corrected chi connectivity index (χ1v) is 8.00. The van der Waals surface area contributed by atoms with Crippen LogP contribution in [0.2, 0.25) is 0 Å². The summed E-state index contributed by atoms with van der Waals surface area (Å²) in [6.07, 6.45) is 1.50. The Labute approximate surface area is 139 Å². The van der Waals surface area contributed by atoms with Crippen LogP contribution in [0.4, 0.5) is 10.5 Å². The highest BCUT2D eigenvalue weighted by atomic mass is 16.6. The lowest BCUT2D eigenvalue weighted by molar-refractivity contribution is 0.0527. The van der Waals surface area contributed by atoms with Crippen molar-refractivity contribution in [2.75, 3.05) is 25.4 Å². The third-order valence-corrected chi connectivity index (χ3v) is 3.13. The van der Waals surface area contributed by atoms with E-state index in [0.717, 1.165) is 36.2 Å². The maximum Gasteiger partial charge on any atom is 0.407 e. The number of ether oxygens (including phenoxy) is 1. The zero-order chi connectivity index (χ0) is 17.3. The number of benzene rings is 1. The molecule has 0 aromatic heterocycles. The second kappa shape index (κ2) is 9.20. The predicted octanol–water partition coefficient (Wildman–Crippen LogP) is 3.18. The van der Waals surface area contributed by atoms with Crippen molar-refractivity contribution < 1.29 is 9.53 Å². The van der Waals surface area contributed by atoms with E-state index in [0.29, 0.717) is 13.1 Å². The van der Waals surface area contributed by atoms with Gasteiger partial charge in [0.15, 0.2) is 0 Å². The van der Waals surface area contributed by atoms with Crippen LogP contribution >= 0.6 is 0 Å². The molecule has 5 nitrogen and oxygen atoms in total. The molecule has 0 aliphatic carbocycles. The number of anilines is 1. The van der Waals surface area contributed by atoms with Gasteiger partial charge in [-0.05, 0) is 51.8 Å². The number of hydrogen-bond acceptors (Lipinski definition) is 4. The standard InChI is InChI=1S/C18H29N3O2/c1-14(15-9-5-6-10-16(15)19)13-20-11-7-8-12-21-17(22)23-18(2,3)4/h5-6,9-10,20H,1,7-8,11-13,19H2,2-4H3,(H,21,22). The van der Waals surface area contributed by atoms with Gasteiger partial charge in [0.05, 0.1) is 0 Å². The van der Waals surface area contributed by atoms with Crippen LogP contribution in [0.25, 0.3) is 5.57 Å². The molecule has 0 bridgehead atoms. The molecule has 0 aliphatic heterocycles. The fourth-order valence-corrected chi connectivity index (χ4v) is 2.03. The summed E-state index contributed by atoms with van der Waals surface area (Å²) < 4.78 is 5.17. The molecule has 128 valence electrons. The predicted molar refractivity (Wildman–Crippen MR) is 96.2 cm³/mol. The molecule has 0 aliphatic rings. The third-order valence-electron chi connectivity index (χ3n) is 3.13. The maximum atomic E-state index is 11.5. The van der Waals surface area contributed by atoms with Crippen LogP contribution in [0.3, 0.4) is 0 Å². The van der Waals surface area contributed by atoms with E-state index >= 15 is 0 Å². The normalized spacial score (nSPS) is 11.1. The highest BCUT2D eigenvalue weighted by molar-refractivity contribution is 5.74. The van der Waals surface area contributed by atoms with Crippen LogP contribution in [0, 0.1) is 0 Å². The van der Waals surface area contributed by atoms with Gasteiger partial charge in [-0.2, -0.15) is 0 Å². The minimum absolute atomic E-state index is 0.363. The van der Waals surface area contributed by atoms with Gasteiger partial charge in [0, 0.05) is 24.3 Å². The Morgan fingerprint density at radius 3 is 2.52 bits per heavy atom. The number of unbranched alkanes of at least 4 members (excludes halogenated alkanes) is 1. The van der Waals surface area contributed by atoms with E-state index in [9.17, 15) is 4.79 Å². The average molecular weight is 319 g/mol. The first kappa shape index (κ1) is 19.0. The van der Waals surface area contributed by atoms with Gasteiger partial charge in [0.25, 0.3) is 0 Å². The lowest BCUT2D eigenvalue weighted by atomic mass is 10.1. The van der Waals surface area contributed by atoms with E-state index in [1.54, 1.807) is 0 Å². The van der Waals surface area contributed by atoms with Crippen molar-refractivity contribution in [1.29, 1.82) is 0 Å². The number of para-hydroxylation sites is 1. The van der Waals surface area contributed by atoms with Crippen molar-refractivity contribution in [2.24, 2.45) is 0 Å². The van der Waals surface area contributed by atoms with Crippen LogP contribution in [-0.2, 0) is 4.74 Å². The van der Waals surface area contributed by atoms with Gasteiger partial charge in [0.2, 0.25) is 0 Å². The number of nitrogen functional groups attached to an aromatic ring is 1. The zero-order valence-electron chi connectivity index (χ0n) is 14.4. The molecule has 23 heavy (non-hydrogen) atoms. The van der Waals surface area contributed by atoms with Gasteiger partial charge in [-0.1, -0.05) is 24.8 Å². The third kappa shape index (κ3) is 8.26. The second-order valence-electron chi connectivity index (χ2n) is 6.50. The molecule has 0 atom stereocenters. The summed E-state index contributed by atoms with van der Waals surface area (Å²) in [4.78, 5) is 11.5. The fourth-order valence-electron chi connectivity index (χ4n) is 2.03. The summed E-state index contributed by atoms with van der Waals surface area (Å²) >= 11 is 0. The lowest BCUT2D eigenvalue weighted by Gasteiger charge is -2.19. The van der Waals surface area contributed by atoms with Crippen LogP contribution in [-0.4, -0.2) is 31.3 Å². The maximum absolute atomic E-state index is 11.5. The average Bonchev–Trinajstić information content (AvgIpc) is 2.44. The molecule has 1 amide bonds. The van der Waals surface area contributed by atoms with E-state index in [1.165, 1.54) is 0 Å². The molecule has 4 N–H and O–H groups in total. The Morgan fingerprint density at radius 2 is 1.87 bits per heavy atom. The Hall–Kier alpha value is -2.01. The smallest absolute Gasteiger partial charge is 0.407 e. The minimum atomic E-state index is -0.453. The first-order valence-electron chi connectivity index (χ1n) is 8.00. The summed E-state index contributed by atoms with van der Waals surface area (Å²) in [6, 6.07) is 7.73. The summed E-state index contributed by atoms with van der Waals surface area (Å²) in [5, 5.41) is 6.09. The summed E-state index contributed by atoms with van der Waals surface area (Å²) in [7, 11) is 0. The second-order valence-corrected chi connectivity index (χ2v) is 6.50. The first-order chi connectivity index (χ1) is 10.8. The molecule has 1 aromatic carbocycles. The minimum Gasteiger partial charge on any atom is -0.444 e. The van der Waals surface area contributed by atoms with Gasteiger partial charge in [-0.25, -0.2) is 4.79 Å². The van der Waals surface area contributed by atoms with Crippen molar-refractivity contribution in [3.8, 4) is 0 Å². The molecule has 5 heteroatoms. The van der Waals surface area contributed by atoms with Crippen molar-refractivity contribution in [2.45, 2.75) is 39.2 Å². The lowest BCUT2D eigenvalue weighted by Crippen LogP contribution is -2.33. The Balaban J connectivity index is 2.09. The molecule has 0 radical (unpaired) electrons. The van der Waals surface area contributed by atoms with E-state index in [-0.39, 0.29) is 6.09 Å². The molecule has 0 unspecified atom stereocenters. The number of carbonyl (C=O) groups is 1. The molecular weight excluding hydrogens is 290 g/mol. The largest absolute Gasteiger partial charge is 0.444 e. The fraction of sp³-hybridized carbons (Fsp3) is 0.500. The summed E-state index contributed by atoms with van der Waals surface area (Å²) in [6.45, 7) is 11.8.